The Kier molecular flexibility index (Phi) is 4.79. The van der Waals surface area contributed by atoms with Gasteiger partial charge in [0, 0.05) is 24.5 Å². The highest BCUT2D eigenvalue weighted by atomic mass is 32.1. The molecule has 2 aromatic carbocycles. The summed E-state index contributed by atoms with van der Waals surface area (Å²) in [7, 11) is 0. The van der Waals surface area contributed by atoms with Gasteiger partial charge in [0.2, 0.25) is 5.91 Å². The van der Waals surface area contributed by atoms with Crippen LogP contribution in [0.3, 0.4) is 0 Å². The molecule has 0 spiro atoms. The lowest BCUT2D eigenvalue weighted by atomic mass is 10.1. The highest BCUT2D eigenvalue weighted by Crippen LogP contribution is 2.33. The third-order valence-electron chi connectivity index (χ3n) is 4.47. The first-order chi connectivity index (χ1) is 13.1. The molecule has 3 aromatic rings. The standard InChI is InChI=1S/C20H20N4O2S/c21-15(7-12-1-4-16(25)5-2-12)10-22-20-23-11-18(27-20)13-3-6-17-14(8-13)9-19(26)24-17/h1-6,8,11,15,25H,7,9-10,21H2,(H,22,23)(H,24,26)/t15-/m1/s1. The van der Waals surface area contributed by atoms with Gasteiger partial charge in [-0.3, -0.25) is 4.79 Å². The second-order valence-electron chi connectivity index (χ2n) is 6.64. The van der Waals surface area contributed by atoms with Gasteiger partial charge in [-0.15, -0.1) is 0 Å². The first kappa shape index (κ1) is 17.5. The van der Waals surface area contributed by atoms with Gasteiger partial charge in [0.05, 0.1) is 11.3 Å². The van der Waals surface area contributed by atoms with Crippen LogP contribution in [0.5, 0.6) is 5.75 Å². The molecule has 0 fully saturated rings. The minimum Gasteiger partial charge on any atom is -0.508 e. The summed E-state index contributed by atoms with van der Waals surface area (Å²) >= 11 is 1.57. The van der Waals surface area contributed by atoms with Gasteiger partial charge in [0.25, 0.3) is 0 Å². The number of fused-ring (bicyclic) bond motifs is 1. The first-order valence-corrected chi connectivity index (χ1v) is 9.55. The maximum Gasteiger partial charge on any atom is 0.228 e. The van der Waals surface area contributed by atoms with Crippen LogP contribution in [-0.4, -0.2) is 28.6 Å². The van der Waals surface area contributed by atoms with E-state index in [1.165, 1.54) is 0 Å². The SMILES string of the molecule is N[C@@H](CNc1ncc(-c2ccc3c(c2)CC(=O)N3)s1)Cc1ccc(O)cc1. The largest absolute Gasteiger partial charge is 0.508 e. The minimum atomic E-state index is -0.0565. The Balaban J connectivity index is 1.36. The fourth-order valence-corrected chi connectivity index (χ4v) is 3.92. The summed E-state index contributed by atoms with van der Waals surface area (Å²) in [4.78, 5) is 17.0. The number of anilines is 2. The number of aromatic nitrogens is 1. The summed E-state index contributed by atoms with van der Waals surface area (Å²) in [5.74, 6) is 0.295. The van der Waals surface area contributed by atoms with Crippen LogP contribution in [0, 0.1) is 0 Å². The number of nitrogens with zero attached hydrogens (tertiary/aromatic N) is 1. The molecular formula is C20H20N4O2S. The van der Waals surface area contributed by atoms with Crippen LogP contribution >= 0.6 is 11.3 Å². The average Bonchev–Trinajstić information content (AvgIpc) is 3.26. The number of rotatable bonds is 6. The van der Waals surface area contributed by atoms with Crippen molar-refractivity contribution in [2.24, 2.45) is 5.73 Å². The molecular weight excluding hydrogens is 360 g/mol. The lowest BCUT2D eigenvalue weighted by molar-refractivity contribution is -0.115. The molecule has 0 aliphatic carbocycles. The number of benzene rings is 2. The highest BCUT2D eigenvalue weighted by molar-refractivity contribution is 7.18. The summed E-state index contributed by atoms with van der Waals surface area (Å²) in [5, 5.41) is 16.3. The Morgan fingerprint density at radius 1 is 1.26 bits per heavy atom. The fraction of sp³-hybridized carbons (Fsp3) is 0.200. The Morgan fingerprint density at radius 3 is 2.89 bits per heavy atom. The van der Waals surface area contributed by atoms with E-state index in [0.717, 1.165) is 38.8 Å². The number of nitrogens with one attached hydrogen (secondary N) is 2. The van der Waals surface area contributed by atoms with E-state index < -0.39 is 0 Å². The molecule has 5 N–H and O–H groups in total. The number of carbonyl (C=O) groups excluding carboxylic acids is 1. The van der Waals surface area contributed by atoms with Crippen molar-refractivity contribution in [3.8, 4) is 16.2 Å². The van der Waals surface area contributed by atoms with E-state index in [9.17, 15) is 9.90 Å². The molecule has 0 saturated heterocycles. The summed E-state index contributed by atoms with van der Waals surface area (Å²) in [5.41, 5.74) is 10.3. The number of aromatic hydroxyl groups is 1. The Morgan fingerprint density at radius 2 is 2.07 bits per heavy atom. The third kappa shape index (κ3) is 4.10. The molecule has 27 heavy (non-hydrogen) atoms. The van der Waals surface area contributed by atoms with Crippen molar-refractivity contribution in [1.82, 2.24) is 4.98 Å². The van der Waals surface area contributed by atoms with E-state index in [2.05, 4.69) is 15.6 Å². The second-order valence-corrected chi connectivity index (χ2v) is 7.67. The monoisotopic (exact) mass is 380 g/mol. The lowest BCUT2D eigenvalue weighted by Crippen LogP contribution is -2.31. The zero-order valence-electron chi connectivity index (χ0n) is 14.6. The van der Waals surface area contributed by atoms with Crippen LogP contribution in [0.25, 0.3) is 10.4 Å². The van der Waals surface area contributed by atoms with E-state index in [0.29, 0.717) is 13.0 Å². The number of thiazole rings is 1. The van der Waals surface area contributed by atoms with Gasteiger partial charge in [0.15, 0.2) is 5.13 Å². The van der Waals surface area contributed by atoms with Crippen molar-refractivity contribution in [1.29, 1.82) is 0 Å². The molecule has 1 aliphatic rings. The fourth-order valence-electron chi connectivity index (χ4n) is 3.10. The number of phenols is 1. The van der Waals surface area contributed by atoms with Gasteiger partial charge >= 0.3 is 0 Å². The van der Waals surface area contributed by atoms with Crippen molar-refractivity contribution in [3.63, 3.8) is 0 Å². The summed E-state index contributed by atoms with van der Waals surface area (Å²) in [6.45, 7) is 0.608. The van der Waals surface area contributed by atoms with Crippen LogP contribution in [0.1, 0.15) is 11.1 Å². The number of hydrogen-bond acceptors (Lipinski definition) is 6. The van der Waals surface area contributed by atoms with E-state index >= 15 is 0 Å². The van der Waals surface area contributed by atoms with Gasteiger partial charge < -0.3 is 21.5 Å². The Hall–Kier alpha value is -2.90. The van der Waals surface area contributed by atoms with Gasteiger partial charge in [-0.05, 0) is 47.4 Å². The van der Waals surface area contributed by atoms with Crippen LogP contribution < -0.4 is 16.4 Å². The van der Waals surface area contributed by atoms with Crippen molar-refractivity contribution in [3.05, 3.63) is 59.8 Å². The summed E-state index contributed by atoms with van der Waals surface area (Å²) in [6, 6.07) is 13.0. The molecule has 6 nitrogen and oxygen atoms in total. The van der Waals surface area contributed by atoms with Crippen molar-refractivity contribution in [2.45, 2.75) is 18.9 Å². The Bertz CT molecular complexity index is 968. The van der Waals surface area contributed by atoms with Crippen molar-refractivity contribution >= 4 is 28.1 Å². The molecule has 0 saturated carbocycles. The number of carbonyl (C=O) groups is 1. The number of hydrogen-bond donors (Lipinski definition) is 4. The van der Waals surface area contributed by atoms with Crippen molar-refractivity contribution in [2.75, 3.05) is 17.2 Å². The average molecular weight is 380 g/mol. The van der Waals surface area contributed by atoms with Crippen LogP contribution in [-0.2, 0) is 17.6 Å². The van der Waals surface area contributed by atoms with E-state index in [1.807, 2.05) is 36.5 Å². The number of phenolic OH excluding ortho intramolecular Hbond substituents is 1. The van der Waals surface area contributed by atoms with Crippen LogP contribution in [0.2, 0.25) is 0 Å². The molecule has 1 aromatic heterocycles. The van der Waals surface area contributed by atoms with E-state index in [1.54, 1.807) is 23.5 Å². The van der Waals surface area contributed by atoms with Crippen LogP contribution in [0.4, 0.5) is 10.8 Å². The zero-order valence-corrected chi connectivity index (χ0v) is 15.4. The number of nitrogens with two attached hydrogens (primary N) is 1. The third-order valence-corrected chi connectivity index (χ3v) is 5.47. The normalized spacial score (nSPS) is 13.9. The highest BCUT2D eigenvalue weighted by Gasteiger charge is 2.18. The van der Waals surface area contributed by atoms with Gasteiger partial charge in [-0.25, -0.2) is 4.98 Å². The van der Waals surface area contributed by atoms with Crippen molar-refractivity contribution < 1.29 is 9.90 Å². The topological polar surface area (TPSA) is 100 Å². The predicted octanol–water partition coefficient (Wildman–Crippen LogP) is 2.99. The molecule has 0 unspecified atom stereocenters. The number of amides is 1. The predicted molar refractivity (Wildman–Crippen MR) is 108 cm³/mol. The second kappa shape index (κ2) is 7.38. The minimum absolute atomic E-state index is 0.0384. The zero-order chi connectivity index (χ0) is 18.8. The molecule has 7 heteroatoms. The van der Waals surface area contributed by atoms with Crippen LogP contribution in [0.15, 0.2) is 48.7 Å². The molecule has 0 radical (unpaired) electrons. The van der Waals surface area contributed by atoms with Gasteiger partial charge in [0.1, 0.15) is 5.75 Å². The smallest absolute Gasteiger partial charge is 0.228 e. The quantitative estimate of drug-likeness (QED) is 0.527. The summed E-state index contributed by atoms with van der Waals surface area (Å²) in [6.07, 6.45) is 2.99. The molecule has 1 aliphatic heterocycles. The van der Waals surface area contributed by atoms with Gasteiger partial charge in [-0.1, -0.05) is 29.5 Å². The maximum atomic E-state index is 11.5. The first-order valence-electron chi connectivity index (χ1n) is 8.73. The van der Waals surface area contributed by atoms with E-state index in [4.69, 9.17) is 5.73 Å². The molecule has 1 amide bonds. The molecule has 0 bridgehead atoms. The van der Waals surface area contributed by atoms with E-state index in [-0.39, 0.29) is 17.7 Å². The molecule has 2 heterocycles. The lowest BCUT2D eigenvalue weighted by Gasteiger charge is -2.12. The summed E-state index contributed by atoms with van der Waals surface area (Å²) < 4.78 is 0. The van der Waals surface area contributed by atoms with Gasteiger partial charge in [-0.2, -0.15) is 0 Å². The molecule has 138 valence electrons. The maximum absolute atomic E-state index is 11.5. The Labute approximate surface area is 161 Å². The molecule has 1 atom stereocenters. The molecule has 4 rings (SSSR count).